The third-order valence-electron chi connectivity index (χ3n) is 2.92. The molecule has 0 fully saturated rings. The fourth-order valence-electron chi connectivity index (χ4n) is 1.82. The van der Waals surface area contributed by atoms with E-state index < -0.39 is 5.82 Å². The van der Waals surface area contributed by atoms with Gasteiger partial charge in [0.05, 0.1) is 22.8 Å². The minimum Gasteiger partial charge on any atom is -0.381 e. The molecule has 4 nitrogen and oxygen atoms in total. The van der Waals surface area contributed by atoms with Crippen molar-refractivity contribution in [1.82, 2.24) is 0 Å². The molecule has 0 heterocycles. The molecule has 0 aliphatic rings. The highest BCUT2D eigenvalue weighted by atomic mass is 19.1. The molecule has 0 amide bonds. The molecule has 0 atom stereocenters. The summed E-state index contributed by atoms with van der Waals surface area (Å²) < 4.78 is 13.6. The fourth-order valence-corrected chi connectivity index (χ4v) is 1.82. The summed E-state index contributed by atoms with van der Waals surface area (Å²) in [7, 11) is 0. The van der Waals surface area contributed by atoms with Gasteiger partial charge in [0.1, 0.15) is 18.0 Å². The van der Waals surface area contributed by atoms with Gasteiger partial charge in [-0.05, 0) is 36.4 Å². The van der Waals surface area contributed by atoms with Crippen molar-refractivity contribution in [3.63, 3.8) is 0 Å². The van der Waals surface area contributed by atoms with Gasteiger partial charge in [0.25, 0.3) is 0 Å². The van der Waals surface area contributed by atoms with Crippen LogP contribution in [0, 0.1) is 39.8 Å². The van der Waals surface area contributed by atoms with Gasteiger partial charge in [0.15, 0.2) is 0 Å². The molecule has 2 aromatic rings. The Labute approximate surface area is 121 Å². The summed E-state index contributed by atoms with van der Waals surface area (Å²) in [6.45, 7) is 0.179. The Balaban J connectivity index is 2.20. The summed E-state index contributed by atoms with van der Waals surface area (Å²) in [4.78, 5) is 0. The zero-order chi connectivity index (χ0) is 15.2. The Morgan fingerprint density at radius 2 is 1.67 bits per heavy atom. The Kier molecular flexibility index (Phi) is 4.14. The number of nitrogens with zero attached hydrogens (tertiary/aromatic N) is 3. The molecular weight excluding hydrogens is 267 g/mol. The first-order chi connectivity index (χ1) is 10.2. The minimum atomic E-state index is -0.407. The lowest BCUT2D eigenvalue weighted by atomic mass is 10.1. The van der Waals surface area contributed by atoms with Crippen LogP contribution in [0.25, 0.3) is 0 Å². The molecular formula is C16H9FN4. The van der Waals surface area contributed by atoms with Crippen LogP contribution in [0.15, 0.2) is 36.4 Å². The van der Waals surface area contributed by atoms with Gasteiger partial charge in [0.2, 0.25) is 0 Å². The van der Waals surface area contributed by atoms with Crippen LogP contribution in [0.4, 0.5) is 10.1 Å². The molecule has 1 N–H and O–H groups in total. The summed E-state index contributed by atoms with van der Waals surface area (Å²) in [5, 5.41) is 29.6. The van der Waals surface area contributed by atoms with Gasteiger partial charge >= 0.3 is 0 Å². The maximum absolute atomic E-state index is 13.6. The van der Waals surface area contributed by atoms with Crippen LogP contribution in [0.5, 0.6) is 0 Å². The van der Waals surface area contributed by atoms with E-state index in [-0.39, 0.29) is 12.1 Å². The maximum atomic E-state index is 13.6. The zero-order valence-electron chi connectivity index (χ0n) is 10.9. The Bertz CT molecular complexity index is 806. The largest absolute Gasteiger partial charge is 0.381 e. The predicted octanol–water partition coefficient (Wildman–Crippen LogP) is 3.05. The standard InChI is InChI=1S/C16H9FN4/c17-16-4-1-11(7-18)5-14(16)10-21-15-3-2-12(8-19)13(6-15)9-20/h1-6,21H,10H2. The molecule has 100 valence electrons. The van der Waals surface area contributed by atoms with Crippen molar-refractivity contribution >= 4 is 5.69 Å². The SMILES string of the molecule is N#Cc1ccc(F)c(CNc2ccc(C#N)c(C#N)c2)c1. The molecule has 2 rings (SSSR count). The number of nitrogens with one attached hydrogen (secondary N) is 1. The second kappa shape index (κ2) is 6.19. The van der Waals surface area contributed by atoms with Crippen molar-refractivity contribution in [2.45, 2.75) is 6.54 Å². The number of hydrogen-bond donors (Lipinski definition) is 1. The highest BCUT2D eigenvalue weighted by molar-refractivity contribution is 5.56. The second-order valence-electron chi connectivity index (χ2n) is 4.26. The van der Waals surface area contributed by atoms with E-state index >= 15 is 0 Å². The van der Waals surface area contributed by atoms with Crippen LogP contribution in [0.2, 0.25) is 0 Å². The van der Waals surface area contributed by atoms with E-state index in [9.17, 15) is 4.39 Å². The normalized spacial score (nSPS) is 9.24. The molecule has 0 radical (unpaired) electrons. The van der Waals surface area contributed by atoms with Gasteiger partial charge in [-0.1, -0.05) is 0 Å². The van der Waals surface area contributed by atoms with Crippen molar-refractivity contribution in [2.75, 3.05) is 5.32 Å². The van der Waals surface area contributed by atoms with Gasteiger partial charge in [0, 0.05) is 17.8 Å². The van der Waals surface area contributed by atoms with Crippen LogP contribution in [-0.4, -0.2) is 0 Å². The van der Waals surface area contributed by atoms with Crippen LogP contribution >= 0.6 is 0 Å². The van der Waals surface area contributed by atoms with Crippen molar-refractivity contribution in [1.29, 1.82) is 15.8 Å². The molecule has 0 bridgehead atoms. The molecule has 5 heteroatoms. The monoisotopic (exact) mass is 276 g/mol. The van der Waals surface area contributed by atoms with E-state index in [4.69, 9.17) is 15.8 Å². The highest BCUT2D eigenvalue weighted by Gasteiger charge is 2.06. The van der Waals surface area contributed by atoms with Gasteiger partial charge in [-0.2, -0.15) is 15.8 Å². The quantitative estimate of drug-likeness (QED) is 0.933. The van der Waals surface area contributed by atoms with Gasteiger partial charge in [-0.15, -0.1) is 0 Å². The van der Waals surface area contributed by atoms with Gasteiger partial charge in [-0.25, -0.2) is 4.39 Å². The lowest BCUT2D eigenvalue weighted by molar-refractivity contribution is 0.612. The minimum absolute atomic E-state index is 0.179. The second-order valence-corrected chi connectivity index (χ2v) is 4.26. The lowest BCUT2D eigenvalue weighted by Crippen LogP contribution is -2.03. The topological polar surface area (TPSA) is 83.4 Å². The Hall–Kier alpha value is -3.36. The van der Waals surface area contributed by atoms with Crippen molar-refractivity contribution in [3.05, 3.63) is 64.5 Å². The molecule has 0 spiro atoms. The molecule has 2 aromatic carbocycles. The van der Waals surface area contributed by atoms with Crippen LogP contribution in [0.3, 0.4) is 0 Å². The summed E-state index contributed by atoms with van der Waals surface area (Å²) in [6.07, 6.45) is 0. The first-order valence-electron chi connectivity index (χ1n) is 6.04. The average molecular weight is 276 g/mol. The van der Waals surface area contributed by atoms with E-state index in [1.165, 1.54) is 30.3 Å². The van der Waals surface area contributed by atoms with Crippen LogP contribution in [-0.2, 0) is 6.54 Å². The lowest BCUT2D eigenvalue weighted by Gasteiger charge is -2.08. The van der Waals surface area contributed by atoms with E-state index in [0.717, 1.165) is 0 Å². The number of hydrogen-bond acceptors (Lipinski definition) is 4. The molecule has 21 heavy (non-hydrogen) atoms. The highest BCUT2D eigenvalue weighted by Crippen LogP contribution is 2.17. The van der Waals surface area contributed by atoms with Crippen LogP contribution in [0.1, 0.15) is 22.3 Å². The van der Waals surface area contributed by atoms with E-state index in [1.807, 2.05) is 18.2 Å². The third kappa shape index (κ3) is 3.15. The molecule has 0 aromatic heterocycles. The average Bonchev–Trinajstić information content (AvgIpc) is 2.53. The number of rotatable bonds is 3. The summed E-state index contributed by atoms with van der Waals surface area (Å²) >= 11 is 0. The molecule has 0 saturated heterocycles. The molecule has 0 aliphatic carbocycles. The first kappa shape index (κ1) is 14.1. The fraction of sp³-hybridized carbons (Fsp3) is 0.0625. The van der Waals surface area contributed by atoms with E-state index in [2.05, 4.69) is 5.32 Å². The third-order valence-corrected chi connectivity index (χ3v) is 2.92. The molecule has 0 saturated carbocycles. The predicted molar refractivity (Wildman–Crippen MR) is 74.3 cm³/mol. The number of anilines is 1. The summed E-state index contributed by atoms with van der Waals surface area (Å²) in [5.74, 6) is -0.407. The van der Waals surface area contributed by atoms with Gasteiger partial charge in [-0.3, -0.25) is 0 Å². The molecule has 0 unspecified atom stereocenters. The molecule has 0 aliphatic heterocycles. The Morgan fingerprint density at radius 3 is 2.33 bits per heavy atom. The summed E-state index contributed by atoms with van der Waals surface area (Å²) in [5.41, 5.74) is 1.89. The smallest absolute Gasteiger partial charge is 0.128 e. The zero-order valence-corrected chi connectivity index (χ0v) is 10.9. The number of halogens is 1. The number of nitriles is 3. The Morgan fingerprint density at radius 1 is 0.905 bits per heavy atom. The maximum Gasteiger partial charge on any atom is 0.128 e. The first-order valence-corrected chi connectivity index (χ1v) is 6.04. The van der Waals surface area contributed by atoms with Crippen molar-refractivity contribution < 1.29 is 4.39 Å². The van der Waals surface area contributed by atoms with E-state index in [1.54, 1.807) is 6.07 Å². The number of benzene rings is 2. The van der Waals surface area contributed by atoms with Gasteiger partial charge < -0.3 is 5.32 Å². The van der Waals surface area contributed by atoms with Crippen molar-refractivity contribution in [2.24, 2.45) is 0 Å². The van der Waals surface area contributed by atoms with Crippen molar-refractivity contribution in [3.8, 4) is 18.2 Å². The van der Waals surface area contributed by atoms with E-state index in [0.29, 0.717) is 22.4 Å². The summed E-state index contributed by atoms with van der Waals surface area (Å²) in [6, 6.07) is 14.6. The van der Waals surface area contributed by atoms with Crippen LogP contribution < -0.4 is 5.32 Å².